The molecule has 2 rings (SSSR count). The summed E-state index contributed by atoms with van der Waals surface area (Å²) >= 11 is 18.2. The Balaban J connectivity index is 2.02. The van der Waals surface area contributed by atoms with Gasteiger partial charge in [0, 0.05) is 12.1 Å². The molecule has 0 bridgehead atoms. The monoisotopic (exact) mass is 371 g/mol. The molecule has 0 spiro atoms. The van der Waals surface area contributed by atoms with Crippen LogP contribution < -0.4 is 10.1 Å². The molecule has 2 aromatic rings. The number of rotatable bonds is 8. The maximum atomic E-state index is 6.19. The number of hydrogen-bond acceptors (Lipinski definition) is 2. The van der Waals surface area contributed by atoms with Gasteiger partial charge in [0.25, 0.3) is 0 Å². The van der Waals surface area contributed by atoms with Crippen LogP contribution in [0.1, 0.15) is 31.7 Å². The minimum atomic E-state index is 0.446. The molecule has 1 N–H and O–H groups in total. The Kier molecular flexibility index (Phi) is 7.35. The summed E-state index contributed by atoms with van der Waals surface area (Å²) in [4.78, 5) is 0. The summed E-state index contributed by atoms with van der Waals surface area (Å²) in [6.07, 6.45) is 3.43. The fraction of sp³-hybridized carbons (Fsp3) is 0.333. The van der Waals surface area contributed by atoms with Crippen molar-refractivity contribution in [2.24, 2.45) is 0 Å². The molecule has 2 aromatic carbocycles. The highest BCUT2D eigenvalue weighted by Gasteiger charge is 2.08. The first-order valence-electron chi connectivity index (χ1n) is 7.71. The third-order valence-electron chi connectivity index (χ3n) is 3.46. The topological polar surface area (TPSA) is 21.3 Å². The van der Waals surface area contributed by atoms with Crippen LogP contribution in [0.25, 0.3) is 0 Å². The molecule has 0 unspecified atom stereocenters. The molecule has 124 valence electrons. The number of anilines is 1. The summed E-state index contributed by atoms with van der Waals surface area (Å²) in [7, 11) is 0. The summed E-state index contributed by atoms with van der Waals surface area (Å²) in [5.74, 6) is 0.896. The third kappa shape index (κ3) is 5.49. The van der Waals surface area contributed by atoms with Gasteiger partial charge in [-0.15, -0.1) is 0 Å². The van der Waals surface area contributed by atoms with E-state index in [2.05, 4.69) is 12.2 Å². The third-order valence-corrected chi connectivity index (χ3v) is 4.49. The summed E-state index contributed by atoms with van der Waals surface area (Å²) in [6, 6.07) is 11.4. The van der Waals surface area contributed by atoms with Crippen LogP contribution >= 0.6 is 34.8 Å². The van der Waals surface area contributed by atoms with Gasteiger partial charge in [-0.2, -0.15) is 0 Å². The average Bonchev–Trinajstić information content (AvgIpc) is 2.55. The Morgan fingerprint density at radius 1 is 0.957 bits per heavy atom. The van der Waals surface area contributed by atoms with Crippen molar-refractivity contribution in [1.29, 1.82) is 0 Å². The van der Waals surface area contributed by atoms with Gasteiger partial charge in [0.1, 0.15) is 5.75 Å². The van der Waals surface area contributed by atoms with Crippen LogP contribution in [0.4, 0.5) is 5.69 Å². The van der Waals surface area contributed by atoms with Crippen LogP contribution in [0.5, 0.6) is 5.75 Å². The predicted octanol–water partition coefficient (Wildman–Crippen LogP) is 6.83. The highest BCUT2D eigenvalue weighted by atomic mass is 35.5. The van der Waals surface area contributed by atoms with Gasteiger partial charge in [0.05, 0.1) is 27.4 Å². The van der Waals surface area contributed by atoms with Gasteiger partial charge in [0.2, 0.25) is 0 Å². The summed E-state index contributed by atoms with van der Waals surface area (Å²) < 4.78 is 5.88. The van der Waals surface area contributed by atoms with Crippen molar-refractivity contribution in [2.75, 3.05) is 11.9 Å². The normalized spacial score (nSPS) is 10.6. The molecule has 0 aliphatic heterocycles. The van der Waals surface area contributed by atoms with Crippen LogP contribution in [0.3, 0.4) is 0 Å². The SMILES string of the molecule is CCCCCOc1ccccc1CNc1cc(Cl)c(Cl)cc1Cl. The van der Waals surface area contributed by atoms with Gasteiger partial charge >= 0.3 is 0 Å². The van der Waals surface area contributed by atoms with E-state index in [1.807, 2.05) is 24.3 Å². The second-order valence-corrected chi connectivity index (χ2v) is 6.48. The number of hydrogen-bond donors (Lipinski definition) is 1. The van der Waals surface area contributed by atoms with E-state index in [0.717, 1.165) is 30.0 Å². The van der Waals surface area contributed by atoms with Gasteiger partial charge in [-0.05, 0) is 24.6 Å². The largest absolute Gasteiger partial charge is 0.493 e. The van der Waals surface area contributed by atoms with Crippen LogP contribution in [0.2, 0.25) is 15.1 Å². The van der Waals surface area contributed by atoms with E-state index >= 15 is 0 Å². The zero-order chi connectivity index (χ0) is 16.7. The van der Waals surface area contributed by atoms with Crippen LogP contribution in [-0.4, -0.2) is 6.61 Å². The smallest absolute Gasteiger partial charge is 0.124 e. The van der Waals surface area contributed by atoms with Crippen molar-refractivity contribution in [3.8, 4) is 5.75 Å². The number of ether oxygens (including phenoxy) is 1. The van der Waals surface area contributed by atoms with Crippen LogP contribution in [-0.2, 0) is 6.54 Å². The fourth-order valence-corrected chi connectivity index (χ4v) is 2.79. The second-order valence-electron chi connectivity index (χ2n) is 5.26. The fourth-order valence-electron chi connectivity index (χ4n) is 2.17. The van der Waals surface area contributed by atoms with Crippen LogP contribution in [0.15, 0.2) is 36.4 Å². The van der Waals surface area contributed by atoms with Gasteiger partial charge in [-0.25, -0.2) is 0 Å². The van der Waals surface area contributed by atoms with E-state index in [4.69, 9.17) is 39.5 Å². The molecule has 0 fully saturated rings. The molecule has 0 aliphatic rings. The van der Waals surface area contributed by atoms with Gasteiger partial charge in [0.15, 0.2) is 0 Å². The Hall–Kier alpha value is -1.09. The highest BCUT2D eigenvalue weighted by molar-refractivity contribution is 6.44. The molecular formula is C18H20Cl3NO. The van der Waals surface area contributed by atoms with Crippen molar-refractivity contribution in [3.63, 3.8) is 0 Å². The average molecular weight is 373 g/mol. The number of halogens is 3. The Bertz CT molecular complexity index is 646. The Morgan fingerprint density at radius 3 is 2.48 bits per heavy atom. The van der Waals surface area contributed by atoms with E-state index in [1.165, 1.54) is 12.8 Å². The number of para-hydroxylation sites is 1. The standard InChI is InChI=1S/C18H20Cl3NO/c1-2-3-6-9-23-18-8-5-4-7-13(18)12-22-17-11-15(20)14(19)10-16(17)21/h4-5,7-8,10-11,22H,2-3,6,9,12H2,1H3. The van der Waals surface area contributed by atoms with Gasteiger partial charge < -0.3 is 10.1 Å². The van der Waals surface area contributed by atoms with E-state index in [9.17, 15) is 0 Å². The predicted molar refractivity (Wildman–Crippen MR) is 100 cm³/mol. The maximum Gasteiger partial charge on any atom is 0.124 e. The first-order chi connectivity index (χ1) is 11.1. The zero-order valence-corrected chi connectivity index (χ0v) is 15.3. The van der Waals surface area contributed by atoms with Crippen molar-refractivity contribution in [1.82, 2.24) is 0 Å². The maximum absolute atomic E-state index is 6.19. The summed E-state index contributed by atoms with van der Waals surface area (Å²) in [5, 5.41) is 4.75. The molecule has 2 nitrogen and oxygen atoms in total. The lowest BCUT2D eigenvalue weighted by Gasteiger charge is -2.14. The van der Waals surface area contributed by atoms with Crippen molar-refractivity contribution >= 4 is 40.5 Å². The molecule has 0 heterocycles. The van der Waals surface area contributed by atoms with Crippen molar-refractivity contribution < 1.29 is 4.74 Å². The lowest BCUT2D eigenvalue weighted by molar-refractivity contribution is 0.303. The van der Waals surface area contributed by atoms with Crippen molar-refractivity contribution in [3.05, 3.63) is 57.0 Å². The number of nitrogens with one attached hydrogen (secondary N) is 1. The lowest BCUT2D eigenvalue weighted by atomic mass is 10.2. The Morgan fingerprint density at radius 2 is 1.70 bits per heavy atom. The van der Waals surface area contributed by atoms with Gasteiger partial charge in [-0.1, -0.05) is 72.8 Å². The number of benzene rings is 2. The first-order valence-corrected chi connectivity index (χ1v) is 8.84. The quantitative estimate of drug-likeness (QED) is 0.405. The minimum Gasteiger partial charge on any atom is -0.493 e. The van der Waals surface area contributed by atoms with E-state index in [-0.39, 0.29) is 0 Å². The second kappa shape index (κ2) is 9.27. The van der Waals surface area contributed by atoms with E-state index < -0.39 is 0 Å². The molecule has 0 saturated carbocycles. The molecule has 0 saturated heterocycles. The molecule has 0 aromatic heterocycles. The lowest BCUT2D eigenvalue weighted by Crippen LogP contribution is -2.05. The molecule has 23 heavy (non-hydrogen) atoms. The number of unbranched alkanes of at least 4 members (excludes halogenated alkanes) is 2. The molecule has 0 amide bonds. The summed E-state index contributed by atoms with van der Waals surface area (Å²) in [6.45, 7) is 3.51. The first kappa shape index (κ1) is 18.3. The molecule has 5 heteroatoms. The Labute approximate surface area is 152 Å². The minimum absolute atomic E-state index is 0.446. The van der Waals surface area contributed by atoms with Gasteiger partial charge in [-0.3, -0.25) is 0 Å². The zero-order valence-electron chi connectivity index (χ0n) is 13.0. The summed E-state index contributed by atoms with van der Waals surface area (Å²) in [5.41, 5.74) is 1.83. The van der Waals surface area contributed by atoms with Crippen molar-refractivity contribution in [2.45, 2.75) is 32.7 Å². The molecule has 0 aliphatic carbocycles. The highest BCUT2D eigenvalue weighted by Crippen LogP contribution is 2.32. The van der Waals surface area contributed by atoms with E-state index in [1.54, 1.807) is 12.1 Å². The molecule has 0 radical (unpaired) electrons. The molecule has 0 atom stereocenters. The van der Waals surface area contributed by atoms with E-state index in [0.29, 0.717) is 21.6 Å². The van der Waals surface area contributed by atoms with Crippen LogP contribution in [0, 0.1) is 0 Å². The molecular weight excluding hydrogens is 353 g/mol.